The maximum absolute atomic E-state index is 12.0. The fraction of sp³-hybridized carbons (Fsp3) is 0.571. The van der Waals surface area contributed by atoms with Crippen molar-refractivity contribution in [3.8, 4) is 5.75 Å². The molecule has 1 N–H and O–H groups in total. The number of rotatable bonds is 7. The number of halogens is 2. The molecule has 0 atom stereocenters. The van der Waals surface area contributed by atoms with E-state index in [9.17, 15) is 8.78 Å². The summed E-state index contributed by atoms with van der Waals surface area (Å²) >= 11 is 0. The van der Waals surface area contributed by atoms with Gasteiger partial charge in [-0.1, -0.05) is 26.0 Å². The number of ether oxygens (including phenoxy) is 1. The lowest BCUT2D eigenvalue weighted by atomic mass is 9.95. The highest BCUT2D eigenvalue weighted by Gasteiger charge is 2.17. The fourth-order valence-electron chi connectivity index (χ4n) is 1.60. The van der Waals surface area contributed by atoms with Gasteiger partial charge in [-0.25, -0.2) is 0 Å². The van der Waals surface area contributed by atoms with Gasteiger partial charge in [0.2, 0.25) is 0 Å². The summed E-state index contributed by atoms with van der Waals surface area (Å²) in [6.45, 7) is 4.44. The van der Waals surface area contributed by atoms with Gasteiger partial charge in [0.25, 0.3) is 0 Å². The Kier molecular flexibility index (Phi) is 5.54. The van der Waals surface area contributed by atoms with Crippen molar-refractivity contribution >= 4 is 0 Å². The van der Waals surface area contributed by atoms with Crippen LogP contribution in [0.25, 0.3) is 0 Å². The quantitative estimate of drug-likeness (QED) is 0.798. The van der Waals surface area contributed by atoms with Gasteiger partial charge in [-0.05, 0) is 37.5 Å². The molecular formula is C14H21F2NO. The topological polar surface area (TPSA) is 21.3 Å². The molecule has 0 radical (unpaired) electrons. The lowest BCUT2D eigenvalue weighted by molar-refractivity contribution is -0.0498. The lowest BCUT2D eigenvalue weighted by Crippen LogP contribution is -2.40. The number of benzene rings is 1. The molecule has 1 rings (SSSR count). The average Bonchev–Trinajstić information content (AvgIpc) is 2.37. The first-order valence-electron chi connectivity index (χ1n) is 6.28. The SMILES string of the molecule is CCC(C)(CC)NCc1ccc(OC(F)F)cc1. The minimum absolute atomic E-state index is 0.123. The molecule has 0 amide bonds. The van der Waals surface area contributed by atoms with Crippen LogP contribution in [0.3, 0.4) is 0 Å². The molecule has 0 bridgehead atoms. The van der Waals surface area contributed by atoms with E-state index in [1.807, 2.05) is 0 Å². The van der Waals surface area contributed by atoms with E-state index in [0.717, 1.165) is 24.9 Å². The van der Waals surface area contributed by atoms with Gasteiger partial charge >= 0.3 is 6.61 Å². The lowest BCUT2D eigenvalue weighted by Gasteiger charge is -2.28. The van der Waals surface area contributed by atoms with Crippen LogP contribution in [0, 0.1) is 0 Å². The van der Waals surface area contributed by atoms with E-state index in [1.54, 1.807) is 24.3 Å². The van der Waals surface area contributed by atoms with Crippen molar-refractivity contribution in [2.24, 2.45) is 0 Å². The van der Waals surface area contributed by atoms with Crippen LogP contribution in [-0.4, -0.2) is 12.2 Å². The summed E-state index contributed by atoms with van der Waals surface area (Å²) in [5, 5.41) is 3.48. The molecule has 0 saturated heterocycles. The van der Waals surface area contributed by atoms with Gasteiger partial charge in [-0.15, -0.1) is 0 Å². The third-order valence-electron chi connectivity index (χ3n) is 3.43. The van der Waals surface area contributed by atoms with Crippen molar-refractivity contribution in [3.05, 3.63) is 29.8 Å². The largest absolute Gasteiger partial charge is 0.435 e. The van der Waals surface area contributed by atoms with E-state index < -0.39 is 6.61 Å². The van der Waals surface area contributed by atoms with Crippen LogP contribution in [0.4, 0.5) is 8.78 Å². The summed E-state index contributed by atoms with van der Waals surface area (Å²) in [7, 11) is 0. The van der Waals surface area contributed by atoms with Crippen molar-refractivity contribution in [2.75, 3.05) is 0 Å². The van der Waals surface area contributed by atoms with Crippen molar-refractivity contribution in [2.45, 2.75) is 52.3 Å². The maximum atomic E-state index is 12.0. The van der Waals surface area contributed by atoms with E-state index in [1.165, 1.54) is 0 Å². The molecule has 0 fully saturated rings. The minimum Gasteiger partial charge on any atom is -0.435 e. The maximum Gasteiger partial charge on any atom is 0.387 e. The Balaban J connectivity index is 2.53. The van der Waals surface area contributed by atoms with Crippen molar-refractivity contribution in [3.63, 3.8) is 0 Å². The van der Waals surface area contributed by atoms with E-state index in [4.69, 9.17) is 0 Å². The fourth-order valence-corrected chi connectivity index (χ4v) is 1.60. The molecule has 1 aromatic carbocycles. The van der Waals surface area contributed by atoms with Gasteiger partial charge in [0.15, 0.2) is 0 Å². The van der Waals surface area contributed by atoms with Crippen molar-refractivity contribution in [1.29, 1.82) is 0 Å². The highest BCUT2D eigenvalue weighted by molar-refractivity contribution is 5.27. The van der Waals surface area contributed by atoms with Crippen molar-refractivity contribution < 1.29 is 13.5 Å². The molecule has 18 heavy (non-hydrogen) atoms. The Morgan fingerprint density at radius 3 is 2.17 bits per heavy atom. The van der Waals surface area contributed by atoms with Crippen LogP contribution >= 0.6 is 0 Å². The Labute approximate surface area is 107 Å². The van der Waals surface area contributed by atoms with Crippen LogP contribution in [0.2, 0.25) is 0 Å². The zero-order valence-electron chi connectivity index (χ0n) is 11.2. The van der Waals surface area contributed by atoms with Crippen LogP contribution in [-0.2, 0) is 6.54 Å². The summed E-state index contributed by atoms with van der Waals surface area (Å²) in [4.78, 5) is 0. The van der Waals surface area contributed by atoms with E-state index >= 15 is 0 Å². The summed E-state index contributed by atoms with van der Waals surface area (Å²) in [6.07, 6.45) is 2.10. The summed E-state index contributed by atoms with van der Waals surface area (Å²) in [5.41, 5.74) is 1.18. The molecule has 0 saturated carbocycles. The zero-order chi connectivity index (χ0) is 13.6. The average molecular weight is 257 g/mol. The Morgan fingerprint density at radius 1 is 1.17 bits per heavy atom. The van der Waals surface area contributed by atoms with E-state index in [0.29, 0.717) is 0 Å². The van der Waals surface area contributed by atoms with E-state index in [-0.39, 0.29) is 11.3 Å². The normalized spacial score (nSPS) is 11.9. The highest BCUT2D eigenvalue weighted by atomic mass is 19.3. The van der Waals surface area contributed by atoms with Gasteiger partial charge < -0.3 is 10.1 Å². The number of alkyl halides is 2. The summed E-state index contributed by atoms with van der Waals surface area (Å²) in [6, 6.07) is 6.74. The molecule has 0 aromatic heterocycles. The number of hydrogen-bond donors (Lipinski definition) is 1. The van der Waals surface area contributed by atoms with Crippen LogP contribution in [0.5, 0.6) is 5.75 Å². The highest BCUT2D eigenvalue weighted by Crippen LogP contribution is 2.17. The predicted octanol–water partition coefficient (Wildman–Crippen LogP) is 3.96. The first-order chi connectivity index (χ1) is 8.49. The standard InChI is InChI=1S/C14H21F2NO/c1-4-14(3,5-2)17-10-11-6-8-12(9-7-11)18-13(15)16/h6-9,13,17H,4-5,10H2,1-3H3. The molecule has 4 heteroatoms. The van der Waals surface area contributed by atoms with Gasteiger partial charge in [-0.3, -0.25) is 0 Å². The first-order valence-corrected chi connectivity index (χ1v) is 6.28. The number of hydrogen-bond acceptors (Lipinski definition) is 2. The summed E-state index contributed by atoms with van der Waals surface area (Å²) in [5.74, 6) is 0.197. The van der Waals surface area contributed by atoms with Gasteiger partial charge in [0.05, 0.1) is 0 Å². The summed E-state index contributed by atoms with van der Waals surface area (Å²) < 4.78 is 28.3. The third-order valence-corrected chi connectivity index (χ3v) is 3.43. The molecule has 2 nitrogen and oxygen atoms in total. The monoisotopic (exact) mass is 257 g/mol. The molecule has 1 aromatic rings. The molecule has 0 aliphatic heterocycles. The van der Waals surface area contributed by atoms with Gasteiger partial charge in [0, 0.05) is 12.1 Å². The molecule has 0 aliphatic rings. The van der Waals surface area contributed by atoms with E-state index in [2.05, 4.69) is 30.8 Å². The van der Waals surface area contributed by atoms with Crippen LogP contribution < -0.4 is 10.1 Å². The molecule has 0 unspecified atom stereocenters. The molecule has 0 aliphatic carbocycles. The predicted molar refractivity (Wildman–Crippen MR) is 68.9 cm³/mol. The smallest absolute Gasteiger partial charge is 0.387 e. The molecule has 0 heterocycles. The van der Waals surface area contributed by atoms with Crippen LogP contribution in [0.15, 0.2) is 24.3 Å². The third kappa shape index (κ3) is 4.61. The zero-order valence-corrected chi connectivity index (χ0v) is 11.2. The second kappa shape index (κ2) is 6.69. The van der Waals surface area contributed by atoms with Gasteiger partial charge in [0.1, 0.15) is 5.75 Å². The Hall–Kier alpha value is -1.16. The second-order valence-electron chi connectivity index (χ2n) is 4.64. The molecule has 0 spiro atoms. The number of nitrogens with one attached hydrogen (secondary N) is 1. The van der Waals surface area contributed by atoms with Crippen molar-refractivity contribution in [1.82, 2.24) is 5.32 Å². The second-order valence-corrected chi connectivity index (χ2v) is 4.64. The minimum atomic E-state index is -2.77. The molecule has 102 valence electrons. The first kappa shape index (κ1) is 14.9. The Morgan fingerprint density at radius 2 is 1.72 bits per heavy atom. The van der Waals surface area contributed by atoms with Gasteiger partial charge in [-0.2, -0.15) is 8.78 Å². The molecular weight excluding hydrogens is 236 g/mol. The Bertz CT molecular complexity index is 347. The van der Waals surface area contributed by atoms with Crippen LogP contribution in [0.1, 0.15) is 39.2 Å².